The summed E-state index contributed by atoms with van der Waals surface area (Å²) in [6, 6.07) is 14.4. The largest absolute Gasteiger partial charge is 0.355 e. The van der Waals surface area contributed by atoms with E-state index in [9.17, 15) is 9.59 Å². The molecule has 2 heterocycles. The number of likely N-dealkylation sites (tertiary alicyclic amines) is 1. The molecule has 7 nitrogen and oxygen atoms in total. The molecule has 0 bridgehead atoms. The maximum absolute atomic E-state index is 12.9. The van der Waals surface area contributed by atoms with Gasteiger partial charge in [-0.25, -0.2) is 0 Å². The number of hydrogen-bond donors (Lipinski definition) is 2. The van der Waals surface area contributed by atoms with Gasteiger partial charge in [-0.1, -0.05) is 12.8 Å². The van der Waals surface area contributed by atoms with Gasteiger partial charge in [0.25, 0.3) is 5.91 Å². The number of rotatable bonds is 5. The van der Waals surface area contributed by atoms with Gasteiger partial charge >= 0.3 is 0 Å². The van der Waals surface area contributed by atoms with E-state index in [4.69, 9.17) is 0 Å². The van der Waals surface area contributed by atoms with Crippen molar-refractivity contribution in [3.05, 3.63) is 48.0 Å². The first-order valence-corrected chi connectivity index (χ1v) is 13.0. The summed E-state index contributed by atoms with van der Waals surface area (Å²) in [6.45, 7) is 4.07. The fraction of sp³-hybridized carbons (Fsp3) is 0.500. The summed E-state index contributed by atoms with van der Waals surface area (Å²) in [4.78, 5) is 32.0. The molecule has 1 saturated heterocycles. The normalized spacial score (nSPS) is 21.8. The smallest absolute Gasteiger partial charge is 0.251 e. The fourth-order valence-corrected chi connectivity index (χ4v) is 5.81. The van der Waals surface area contributed by atoms with E-state index >= 15 is 0 Å². The molecule has 1 aliphatic carbocycles. The Morgan fingerprint density at radius 3 is 2.23 bits per heavy atom. The quantitative estimate of drug-likeness (QED) is 0.672. The van der Waals surface area contributed by atoms with Crippen LogP contribution in [-0.4, -0.2) is 62.0 Å². The molecule has 2 amide bonds. The molecule has 35 heavy (non-hydrogen) atoms. The Morgan fingerprint density at radius 2 is 1.54 bits per heavy atom. The van der Waals surface area contributed by atoms with Crippen LogP contribution in [0.1, 0.15) is 55.8 Å². The van der Waals surface area contributed by atoms with Crippen LogP contribution in [0.4, 0.5) is 22.7 Å². The highest BCUT2D eigenvalue weighted by Gasteiger charge is 2.38. The van der Waals surface area contributed by atoms with Crippen LogP contribution in [0.3, 0.4) is 0 Å². The van der Waals surface area contributed by atoms with Crippen LogP contribution >= 0.6 is 0 Å². The highest BCUT2D eigenvalue weighted by molar-refractivity contribution is 6.05. The van der Waals surface area contributed by atoms with E-state index in [0.29, 0.717) is 11.6 Å². The monoisotopic (exact) mass is 475 g/mol. The zero-order valence-electron chi connectivity index (χ0n) is 21.1. The average molecular weight is 476 g/mol. The van der Waals surface area contributed by atoms with Crippen molar-refractivity contribution in [1.82, 2.24) is 10.2 Å². The molecular weight excluding hydrogens is 438 g/mol. The van der Waals surface area contributed by atoms with Crippen molar-refractivity contribution in [1.29, 1.82) is 0 Å². The number of nitrogens with one attached hydrogen (secondary N) is 2. The van der Waals surface area contributed by atoms with Gasteiger partial charge in [-0.15, -0.1) is 0 Å². The lowest BCUT2D eigenvalue weighted by Crippen LogP contribution is -2.54. The number of carbonyl (C=O) groups is 2. The standard InChI is InChI=1S/C28H37N5O2/c1-19-28(35)32(3)25-13-12-23(18-26(25)33(19)24-6-4-5-7-24)29-21-10-8-20(9-11-21)27(34)30-22-14-16-31(2)17-15-22/h8-13,18-19,22,24,29H,4-7,14-17H2,1-3H3,(H,30,34). The number of hydrogen-bond acceptors (Lipinski definition) is 5. The molecule has 186 valence electrons. The zero-order chi connectivity index (χ0) is 24.5. The van der Waals surface area contributed by atoms with Gasteiger partial charge in [-0.05, 0) is 95.2 Å². The van der Waals surface area contributed by atoms with Crippen LogP contribution < -0.4 is 20.4 Å². The van der Waals surface area contributed by atoms with E-state index in [1.165, 1.54) is 12.8 Å². The summed E-state index contributed by atoms with van der Waals surface area (Å²) in [6.07, 6.45) is 6.72. The lowest BCUT2D eigenvalue weighted by atomic mass is 10.0. The molecule has 2 aromatic carbocycles. The summed E-state index contributed by atoms with van der Waals surface area (Å²) in [5.41, 5.74) is 4.67. The van der Waals surface area contributed by atoms with E-state index in [-0.39, 0.29) is 23.9 Å². The van der Waals surface area contributed by atoms with Crippen molar-refractivity contribution < 1.29 is 9.59 Å². The molecule has 1 unspecified atom stereocenters. The lowest BCUT2D eigenvalue weighted by Gasteiger charge is -2.43. The van der Waals surface area contributed by atoms with E-state index < -0.39 is 0 Å². The molecule has 5 rings (SSSR count). The second-order valence-corrected chi connectivity index (χ2v) is 10.4. The highest BCUT2D eigenvalue weighted by atomic mass is 16.2. The Balaban J connectivity index is 1.30. The van der Waals surface area contributed by atoms with Gasteiger partial charge in [-0.2, -0.15) is 0 Å². The molecule has 2 aromatic rings. The number of carbonyl (C=O) groups excluding carboxylic acids is 2. The maximum Gasteiger partial charge on any atom is 0.251 e. The summed E-state index contributed by atoms with van der Waals surface area (Å²) in [7, 11) is 3.99. The van der Waals surface area contributed by atoms with Crippen molar-refractivity contribution in [3.8, 4) is 0 Å². The fourth-order valence-electron chi connectivity index (χ4n) is 5.81. The molecule has 2 aliphatic heterocycles. The summed E-state index contributed by atoms with van der Waals surface area (Å²) in [5, 5.41) is 6.67. The molecule has 1 saturated carbocycles. The van der Waals surface area contributed by atoms with Crippen molar-refractivity contribution in [2.45, 2.75) is 63.6 Å². The second kappa shape index (κ2) is 9.90. The van der Waals surface area contributed by atoms with Crippen molar-refractivity contribution in [2.75, 3.05) is 42.3 Å². The lowest BCUT2D eigenvalue weighted by molar-refractivity contribution is -0.119. The molecule has 3 aliphatic rings. The zero-order valence-corrected chi connectivity index (χ0v) is 21.1. The number of amides is 2. The molecule has 2 N–H and O–H groups in total. The molecule has 2 fully saturated rings. The van der Waals surface area contributed by atoms with Crippen LogP contribution in [0.25, 0.3) is 0 Å². The number of benzene rings is 2. The van der Waals surface area contributed by atoms with Crippen LogP contribution in [0.2, 0.25) is 0 Å². The molecule has 7 heteroatoms. The van der Waals surface area contributed by atoms with Gasteiger partial charge in [0.1, 0.15) is 6.04 Å². The Bertz CT molecular complexity index is 1070. The number of fused-ring (bicyclic) bond motifs is 1. The molecule has 0 aromatic heterocycles. The molecular formula is C28H37N5O2. The van der Waals surface area contributed by atoms with Gasteiger partial charge in [0, 0.05) is 36.1 Å². The highest BCUT2D eigenvalue weighted by Crippen LogP contribution is 2.42. The van der Waals surface area contributed by atoms with E-state index in [0.717, 1.165) is 61.5 Å². The predicted octanol–water partition coefficient (Wildman–Crippen LogP) is 4.37. The minimum atomic E-state index is -0.159. The molecule has 0 radical (unpaired) electrons. The first kappa shape index (κ1) is 23.7. The third-order valence-electron chi connectivity index (χ3n) is 7.93. The Labute approximate surface area is 208 Å². The predicted molar refractivity (Wildman–Crippen MR) is 142 cm³/mol. The van der Waals surface area contributed by atoms with Crippen LogP contribution in [0.5, 0.6) is 0 Å². The van der Waals surface area contributed by atoms with Crippen molar-refractivity contribution in [2.24, 2.45) is 0 Å². The van der Waals surface area contributed by atoms with Crippen molar-refractivity contribution in [3.63, 3.8) is 0 Å². The topological polar surface area (TPSA) is 67.9 Å². The van der Waals surface area contributed by atoms with Crippen LogP contribution in [0, 0.1) is 0 Å². The van der Waals surface area contributed by atoms with E-state index in [1.54, 1.807) is 4.90 Å². The van der Waals surface area contributed by atoms with Gasteiger partial charge in [-0.3, -0.25) is 9.59 Å². The van der Waals surface area contributed by atoms with Gasteiger partial charge in [0.05, 0.1) is 11.4 Å². The second-order valence-electron chi connectivity index (χ2n) is 10.4. The maximum atomic E-state index is 12.9. The number of piperidine rings is 1. The number of anilines is 4. The average Bonchev–Trinajstić information content (AvgIpc) is 3.39. The van der Waals surface area contributed by atoms with Crippen LogP contribution in [0.15, 0.2) is 42.5 Å². The van der Waals surface area contributed by atoms with Gasteiger partial charge in [0.15, 0.2) is 0 Å². The Hall–Kier alpha value is -3.06. The van der Waals surface area contributed by atoms with Crippen molar-refractivity contribution >= 4 is 34.6 Å². The molecule has 1 atom stereocenters. The Morgan fingerprint density at radius 1 is 0.886 bits per heavy atom. The minimum absolute atomic E-state index is 0.00576. The summed E-state index contributed by atoms with van der Waals surface area (Å²) in [5.74, 6) is 0.146. The summed E-state index contributed by atoms with van der Waals surface area (Å²) >= 11 is 0. The van der Waals surface area contributed by atoms with Gasteiger partial charge < -0.3 is 25.3 Å². The van der Waals surface area contributed by atoms with Gasteiger partial charge in [0.2, 0.25) is 5.91 Å². The minimum Gasteiger partial charge on any atom is -0.355 e. The first-order valence-electron chi connectivity index (χ1n) is 13.0. The number of likely N-dealkylation sites (N-methyl/N-ethyl adjacent to an activating group) is 1. The Kier molecular flexibility index (Phi) is 6.69. The molecule has 0 spiro atoms. The summed E-state index contributed by atoms with van der Waals surface area (Å²) < 4.78 is 0. The third kappa shape index (κ3) is 4.87. The SMILES string of the molecule is CC1C(=O)N(C)c2ccc(Nc3ccc(C(=O)NC4CCN(C)CC4)cc3)cc2N1C1CCCC1. The third-order valence-corrected chi connectivity index (χ3v) is 7.93. The first-order chi connectivity index (χ1) is 16.9. The number of nitrogens with zero attached hydrogens (tertiary/aromatic N) is 3. The van der Waals surface area contributed by atoms with Crippen LogP contribution in [-0.2, 0) is 4.79 Å². The van der Waals surface area contributed by atoms with E-state index in [2.05, 4.69) is 33.5 Å². The van der Waals surface area contributed by atoms with E-state index in [1.807, 2.05) is 50.4 Å².